The largest absolute Gasteiger partial charge is 0.330 e. The molecule has 2 aliphatic heterocycles. The minimum absolute atomic E-state index is 0.309. The molecule has 6 nitrogen and oxygen atoms in total. The van der Waals surface area contributed by atoms with Gasteiger partial charge in [-0.3, -0.25) is 0 Å². The summed E-state index contributed by atoms with van der Waals surface area (Å²) in [5, 5.41) is 0. The number of likely N-dealkylation sites (tertiary alicyclic amines) is 1. The van der Waals surface area contributed by atoms with Gasteiger partial charge in [0.2, 0.25) is 0 Å². The second-order valence-corrected chi connectivity index (χ2v) is 7.31. The Balaban J connectivity index is 1.76. The summed E-state index contributed by atoms with van der Waals surface area (Å²) in [7, 11) is -3.32. The predicted molar refractivity (Wildman–Crippen MR) is 75.9 cm³/mol. The van der Waals surface area contributed by atoms with E-state index >= 15 is 0 Å². The van der Waals surface area contributed by atoms with Crippen LogP contribution >= 0.6 is 0 Å². The van der Waals surface area contributed by atoms with Crippen molar-refractivity contribution in [3.05, 3.63) is 0 Å². The number of rotatable bonds is 6. The molecule has 0 bridgehead atoms. The van der Waals surface area contributed by atoms with Crippen molar-refractivity contribution >= 4 is 10.2 Å². The molecule has 1 atom stereocenters. The van der Waals surface area contributed by atoms with Gasteiger partial charge >= 0.3 is 0 Å². The highest BCUT2D eigenvalue weighted by Crippen LogP contribution is 2.17. The third-order valence-electron chi connectivity index (χ3n) is 4.07. The topological polar surface area (TPSA) is 78.7 Å². The van der Waals surface area contributed by atoms with E-state index in [1.165, 1.54) is 12.8 Å². The maximum Gasteiger partial charge on any atom is 0.279 e. The second-order valence-electron chi connectivity index (χ2n) is 5.55. The molecule has 7 heteroatoms. The molecule has 2 saturated heterocycles. The Bertz CT molecular complexity index is 368. The summed E-state index contributed by atoms with van der Waals surface area (Å²) in [5.41, 5.74) is 5.64. The first-order valence-electron chi connectivity index (χ1n) is 7.29. The lowest BCUT2D eigenvalue weighted by Gasteiger charge is -2.31. The summed E-state index contributed by atoms with van der Waals surface area (Å²) in [6, 6.07) is 0. The van der Waals surface area contributed by atoms with Crippen molar-refractivity contribution in [1.29, 1.82) is 0 Å². The highest BCUT2D eigenvalue weighted by Gasteiger charge is 2.27. The first-order valence-corrected chi connectivity index (χ1v) is 8.73. The van der Waals surface area contributed by atoms with Crippen molar-refractivity contribution in [3.8, 4) is 0 Å². The third kappa shape index (κ3) is 4.39. The fraction of sp³-hybridized carbons (Fsp3) is 1.00. The van der Waals surface area contributed by atoms with E-state index in [0.717, 1.165) is 32.5 Å². The molecule has 0 amide bonds. The van der Waals surface area contributed by atoms with Gasteiger partial charge in [-0.2, -0.15) is 12.7 Å². The number of piperidine rings is 1. The molecule has 1 unspecified atom stereocenters. The Hall–Kier alpha value is -0.210. The van der Waals surface area contributed by atoms with Crippen molar-refractivity contribution in [2.45, 2.75) is 25.7 Å². The molecule has 0 aliphatic carbocycles. The summed E-state index contributed by atoms with van der Waals surface area (Å²) < 4.78 is 28.6. The minimum atomic E-state index is -3.32. The van der Waals surface area contributed by atoms with Crippen LogP contribution in [-0.4, -0.2) is 63.4 Å². The van der Waals surface area contributed by atoms with Crippen molar-refractivity contribution in [2.75, 3.05) is 45.8 Å². The second kappa shape index (κ2) is 6.99. The first-order chi connectivity index (χ1) is 9.12. The fourth-order valence-electron chi connectivity index (χ4n) is 2.87. The number of hydrogen-bond acceptors (Lipinski definition) is 4. The number of nitrogens with two attached hydrogens (primary N) is 1. The number of nitrogens with zero attached hydrogens (tertiary/aromatic N) is 2. The standard InChI is InChI=1S/C12H26N4O2S/c13-10-12-4-3-8-16(11-12)19(17,18)14-5-9-15-6-1-2-7-15/h12,14H,1-11,13H2. The molecule has 2 aliphatic rings. The molecule has 2 fully saturated rings. The van der Waals surface area contributed by atoms with E-state index < -0.39 is 10.2 Å². The van der Waals surface area contributed by atoms with Crippen molar-refractivity contribution in [1.82, 2.24) is 13.9 Å². The molecule has 2 heterocycles. The van der Waals surface area contributed by atoms with E-state index in [-0.39, 0.29) is 0 Å². The first kappa shape index (κ1) is 15.2. The van der Waals surface area contributed by atoms with E-state index in [0.29, 0.717) is 32.1 Å². The van der Waals surface area contributed by atoms with Crippen molar-refractivity contribution in [2.24, 2.45) is 11.7 Å². The molecule has 0 radical (unpaired) electrons. The lowest BCUT2D eigenvalue weighted by atomic mass is 10.0. The molecular formula is C12H26N4O2S. The van der Waals surface area contributed by atoms with E-state index in [2.05, 4.69) is 9.62 Å². The lowest BCUT2D eigenvalue weighted by molar-refractivity contribution is 0.267. The van der Waals surface area contributed by atoms with Crippen LogP contribution in [0.2, 0.25) is 0 Å². The zero-order chi connectivity index (χ0) is 13.7. The van der Waals surface area contributed by atoms with Crippen LogP contribution in [0.3, 0.4) is 0 Å². The maximum atomic E-state index is 12.2. The summed E-state index contributed by atoms with van der Waals surface area (Å²) in [5.74, 6) is 0.309. The van der Waals surface area contributed by atoms with Gasteiger partial charge in [-0.05, 0) is 51.2 Å². The van der Waals surface area contributed by atoms with Gasteiger partial charge in [0, 0.05) is 26.2 Å². The SMILES string of the molecule is NCC1CCCN(S(=O)(=O)NCCN2CCCC2)C1. The van der Waals surface area contributed by atoms with Gasteiger partial charge < -0.3 is 10.6 Å². The van der Waals surface area contributed by atoms with Gasteiger partial charge in [-0.25, -0.2) is 4.72 Å². The van der Waals surface area contributed by atoms with E-state index in [4.69, 9.17) is 5.73 Å². The van der Waals surface area contributed by atoms with Gasteiger partial charge in [0.1, 0.15) is 0 Å². The average Bonchev–Trinajstić information content (AvgIpc) is 2.92. The number of nitrogens with one attached hydrogen (secondary N) is 1. The maximum absolute atomic E-state index is 12.2. The van der Waals surface area contributed by atoms with Crippen LogP contribution in [-0.2, 0) is 10.2 Å². The van der Waals surface area contributed by atoms with Gasteiger partial charge in [-0.15, -0.1) is 0 Å². The normalized spacial score (nSPS) is 26.9. The zero-order valence-electron chi connectivity index (χ0n) is 11.6. The predicted octanol–water partition coefficient (Wildman–Crippen LogP) is -0.413. The van der Waals surface area contributed by atoms with Gasteiger partial charge in [-0.1, -0.05) is 0 Å². The molecule has 0 aromatic heterocycles. The number of hydrogen-bond donors (Lipinski definition) is 2. The molecule has 2 rings (SSSR count). The summed E-state index contributed by atoms with van der Waals surface area (Å²) in [4.78, 5) is 2.31. The summed E-state index contributed by atoms with van der Waals surface area (Å²) in [6.07, 6.45) is 4.42. The minimum Gasteiger partial charge on any atom is -0.330 e. The molecular weight excluding hydrogens is 264 g/mol. The highest BCUT2D eigenvalue weighted by molar-refractivity contribution is 7.87. The van der Waals surface area contributed by atoms with Crippen molar-refractivity contribution in [3.63, 3.8) is 0 Å². The average molecular weight is 290 g/mol. The monoisotopic (exact) mass is 290 g/mol. The van der Waals surface area contributed by atoms with Crippen LogP contribution in [0.1, 0.15) is 25.7 Å². The van der Waals surface area contributed by atoms with E-state index in [1.807, 2.05) is 0 Å². The van der Waals surface area contributed by atoms with E-state index in [9.17, 15) is 8.42 Å². The molecule has 19 heavy (non-hydrogen) atoms. The molecule has 0 saturated carbocycles. The highest BCUT2D eigenvalue weighted by atomic mass is 32.2. The van der Waals surface area contributed by atoms with Gasteiger partial charge in [0.05, 0.1) is 0 Å². The van der Waals surface area contributed by atoms with Crippen LogP contribution in [0.15, 0.2) is 0 Å². The van der Waals surface area contributed by atoms with Gasteiger partial charge in [0.25, 0.3) is 10.2 Å². The summed E-state index contributed by atoms with van der Waals surface area (Å²) in [6.45, 7) is 5.27. The Morgan fingerprint density at radius 3 is 2.58 bits per heavy atom. The van der Waals surface area contributed by atoms with E-state index in [1.54, 1.807) is 4.31 Å². The smallest absolute Gasteiger partial charge is 0.279 e. The summed E-state index contributed by atoms with van der Waals surface area (Å²) >= 11 is 0. The van der Waals surface area contributed by atoms with Crippen LogP contribution in [0.25, 0.3) is 0 Å². The fourth-order valence-corrected chi connectivity index (χ4v) is 4.18. The van der Waals surface area contributed by atoms with Crippen LogP contribution < -0.4 is 10.5 Å². The molecule has 112 valence electrons. The molecule has 3 N–H and O–H groups in total. The molecule has 0 spiro atoms. The molecule has 0 aromatic rings. The Labute approximate surface area is 116 Å². The van der Waals surface area contributed by atoms with Crippen LogP contribution in [0.5, 0.6) is 0 Å². The molecule has 0 aromatic carbocycles. The quantitative estimate of drug-likeness (QED) is 0.697. The lowest BCUT2D eigenvalue weighted by Crippen LogP contribution is -2.48. The zero-order valence-corrected chi connectivity index (χ0v) is 12.4. The third-order valence-corrected chi connectivity index (χ3v) is 5.65. The Morgan fingerprint density at radius 2 is 1.89 bits per heavy atom. The Kier molecular flexibility index (Phi) is 5.58. The van der Waals surface area contributed by atoms with Crippen LogP contribution in [0.4, 0.5) is 0 Å². The Morgan fingerprint density at radius 1 is 1.16 bits per heavy atom. The van der Waals surface area contributed by atoms with Gasteiger partial charge in [0.15, 0.2) is 0 Å². The van der Waals surface area contributed by atoms with Crippen LogP contribution in [0, 0.1) is 5.92 Å². The van der Waals surface area contributed by atoms with Crippen molar-refractivity contribution < 1.29 is 8.42 Å².